The number of guanidine groups is 1. The second-order valence-corrected chi connectivity index (χ2v) is 7.28. The van der Waals surface area contributed by atoms with E-state index in [0.717, 1.165) is 63.2 Å². The minimum atomic E-state index is 0.599. The van der Waals surface area contributed by atoms with E-state index in [-0.39, 0.29) is 0 Å². The average Bonchev–Trinajstić information content (AvgIpc) is 2.78. The number of hydrogen-bond donors (Lipinski definition) is 1. The fourth-order valence-electron chi connectivity index (χ4n) is 3.47. The third-order valence-corrected chi connectivity index (χ3v) is 5.12. The molecule has 0 bridgehead atoms. The van der Waals surface area contributed by atoms with E-state index in [1.54, 1.807) is 0 Å². The van der Waals surface area contributed by atoms with Crippen molar-refractivity contribution in [3.05, 3.63) is 59.3 Å². The van der Waals surface area contributed by atoms with Crippen molar-refractivity contribution in [1.29, 1.82) is 0 Å². The summed E-state index contributed by atoms with van der Waals surface area (Å²) < 4.78 is 5.48. The van der Waals surface area contributed by atoms with Gasteiger partial charge in [-0.15, -0.1) is 0 Å². The topological polar surface area (TPSA) is 53.0 Å². The third-order valence-electron chi connectivity index (χ3n) is 5.12. The number of ether oxygens (including phenoxy) is 1. The molecule has 0 atom stereocenters. The van der Waals surface area contributed by atoms with E-state index in [9.17, 15) is 0 Å². The van der Waals surface area contributed by atoms with Gasteiger partial charge in [0.2, 0.25) is 0 Å². The Morgan fingerprint density at radius 1 is 1.14 bits per heavy atom. The predicted octanol–water partition coefficient (Wildman–Crippen LogP) is 3.08. The lowest BCUT2D eigenvalue weighted by Gasteiger charge is -2.29. The van der Waals surface area contributed by atoms with Crippen molar-refractivity contribution < 1.29 is 4.74 Å². The molecule has 1 aromatic heterocycles. The summed E-state index contributed by atoms with van der Waals surface area (Å²) in [5.74, 6) is 1.93. The molecule has 1 aliphatic rings. The van der Waals surface area contributed by atoms with Crippen molar-refractivity contribution in [3.8, 4) is 0 Å². The van der Waals surface area contributed by atoms with Gasteiger partial charge < -0.3 is 19.9 Å². The zero-order valence-corrected chi connectivity index (χ0v) is 17.9. The third kappa shape index (κ3) is 5.94. The second kappa shape index (κ2) is 10.8. The van der Waals surface area contributed by atoms with Crippen LogP contribution in [-0.4, -0.2) is 55.7 Å². The van der Waals surface area contributed by atoms with E-state index in [4.69, 9.17) is 9.73 Å². The molecular formula is C23H33N5O. The number of rotatable bonds is 7. The largest absolute Gasteiger partial charge is 0.378 e. The van der Waals surface area contributed by atoms with Gasteiger partial charge in [0, 0.05) is 45.0 Å². The second-order valence-electron chi connectivity index (χ2n) is 7.28. The van der Waals surface area contributed by atoms with Gasteiger partial charge in [-0.3, -0.25) is 0 Å². The van der Waals surface area contributed by atoms with Gasteiger partial charge in [0.1, 0.15) is 5.82 Å². The first-order chi connectivity index (χ1) is 14.2. The van der Waals surface area contributed by atoms with Crippen LogP contribution in [0.5, 0.6) is 0 Å². The maximum absolute atomic E-state index is 5.48. The van der Waals surface area contributed by atoms with Gasteiger partial charge >= 0.3 is 0 Å². The Kier molecular flexibility index (Phi) is 7.87. The summed E-state index contributed by atoms with van der Waals surface area (Å²) in [4.78, 5) is 14.0. The molecule has 1 saturated heterocycles. The van der Waals surface area contributed by atoms with Crippen LogP contribution in [0.4, 0.5) is 5.82 Å². The monoisotopic (exact) mass is 395 g/mol. The molecule has 0 amide bonds. The van der Waals surface area contributed by atoms with E-state index in [1.807, 2.05) is 12.3 Å². The van der Waals surface area contributed by atoms with E-state index in [0.29, 0.717) is 6.54 Å². The lowest BCUT2D eigenvalue weighted by Crippen LogP contribution is -2.39. The Labute approximate surface area is 174 Å². The van der Waals surface area contributed by atoms with Crippen LogP contribution in [0.1, 0.15) is 30.5 Å². The molecular weight excluding hydrogens is 362 g/mol. The normalized spacial score (nSPS) is 14.7. The Morgan fingerprint density at radius 3 is 2.55 bits per heavy atom. The maximum Gasteiger partial charge on any atom is 0.194 e. The molecule has 6 nitrogen and oxygen atoms in total. The van der Waals surface area contributed by atoms with E-state index < -0.39 is 0 Å². The molecule has 2 heterocycles. The summed E-state index contributed by atoms with van der Waals surface area (Å²) in [6.45, 7) is 9.79. The van der Waals surface area contributed by atoms with Crippen LogP contribution in [0.2, 0.25) is 0 Å². The summed E-state index contributed by atoms with van der Waals surface area (Å²) in [5.41, 5.74) is 3.79. The van der Waals surface area contributed by atoms with Crippen molar-refractivity contribution >= 4 is 11.8 Å². The smallest absolute Gasteiger partial charge is 0.194 e. The van der Waals surface area contributed by atoms with E-state index in [1.165, 1.54) is 11.1 Å². The Balaban J connectivity index is 1.71. The van der Waals surface area contributed by atoms with Gasteiger partial charge in [-0.05, 0) is 30.5 Å². The number of morpholine rings is 1. The van der Waals surface area contributed by atoms with Crippen LogP contribution in [0, 0.1) is 0 Å². The summed E-state index contributed by atoms with van der Waals surface area (Å²) in [7, 11) is 2.08. The van der Waals surface area contributed by atoms with Crippen LogP contribution in [0.25, 0.3) is 0 Å². The summed E-state index contributed by atoms with van der Waals surface area (Å²) in [6.07, 6.45) is 2.92. The number of aryl methyl sites for hydroxylation is 1. The van der Waals surface area contributed by atoms with E-state index >= 15 is 0 Å². The zero-order valence-electron chi connectivity index (χ0n) is 17.9. The number of anilines is 1. The molecule has 1 aromatic carbocycles. The van der Waals surface area contributed by atoms with Crippen molar-refractivity contribution in [1.82, 2.24) is 15.2 Å². The van der Waals surface area contributed by atoms with Gasteiger partial charge in [-0.25, -0.2) is 9.98 Å². The number of hydrogen-bond acceptors (Lipinski definition) is 4. The molecule has 0 unspecified atom stereocenters. The highest BCUT2D eigenvalue weighted by atomic mass is 16.5. The predicted molar refractivity (Wildman–Crippen MR) is 119 cm³/mol. The first kappa shape index (κ1) is 21.1. The molecule has 2 aromatic rings. The van der Waals surface area contributed by atoms with Crippen LogP contribution >= 0.6 is 0 Å². The molecule has 0 aliphatic carbocycles. The zero-order chi connectivity index (χ0) is 20.5. The lowest BCUT2D eigenvalue weighted by molar-refractivity contribution is 0.122. The van der Waals surface area contributed by atoms with Crippen LogP contribution in [-0.2, 0) is 24.2 Å². The SMILES string of the molecule is CCNC(=NCc1cccnc1N1CCOCC1)N(C)Cc1ccc(CC)cc1. The van der Waals surface area contributed by atoms with Gasteiger partial charge in [0.15, 0.2) is 5.96 Å². The Bertz CT molecular complexity index is 784. The van der Waals surface area contributed by atoms with Crippen molar-refractivity contribution in [2.24, 2.45) is 4.99 Å². The highest BCUT2D eigenvalue weighted by molar-refractivity contribution is 5.79. The molecule has 0 spiro atoms. The number of aromatic nitrogens is 1. The number of benzene rings is 1. The number of nitrogens with zero attached hydrogens (tertiary/aromatic N) is 4. The molecule has 1 N–H and O–H groups in total. The van der Waals surface area contributed by atoms with Gasteiger partial charge in [0.25, 0.3) is 0 Å². The fraction of sp³-hybridized carbons (Fsp3) is 0.478. The summed E-state index contributed by atoms with van der Waals surface area (Å²) in [6, 6.07) is 12.9. The first-order valence-corrected chi connectivity index (χ1v) is 10.5. The molecule has 6 heteroatoms. The minimum Gasteiger partial charge on any atom is -0.378 e. The maximum atomic E-state index is 5.48. The van der Waals surface area contributed by atoms with Gasteiger partial charge in [0.05, 0.1) is 19.8 Å². The number of pyridine rings is 1. The van der Waals surface area contributed by atoms with Crippen molar-refractivity contribution in [3.63, 3.8) is 0 Å². The Morgan fingerprint density at radius 2 is 1.86 bits per heavy atom. The molecule has 1 fully saturated rings. The summed E-state index contributed by atoms with van der Waals surface area (Å²) in [5, 5.41) is 3.42. The quantitative estimate of drug-likeness (QED) is 0.577. The number of nitrogens with one attached hydrogen (secondary N) is 1. The molecule has 1 aliphatic heterocycles. The van der Waals surface area contributed by atoms with Crippen LogP contribution in [0.3, 0.4) is 0 Å². The molecule has 156 valence electrons. The molecule has 3 rings (SSSR count). The highest BCUT2D eigenvalue weighted by Gasteiger charge is 2.16. The molecule has 0 radical (unpaired) electrons. The minimum absolute atomic E-state index is 0.599. The van der Waals surface area contributed by atoms with Crippen molar-refractivity contribution in [2.75, 3.05) is 44.8 Å². The van der Waals surface area contributed by atoms with Gasteiger partial charge in [-0.2, -0.15) is 0 Å². The summed E-state index contributed by atoms with van der Waals surface area (Å²) >= 11 is 0. The van der Waals surface area contributed by atoms with Crippen LogP contribution < -0.4 is 10.2 Å². The fourth-order valence-corrected chi connectivity index (χ4v) is 3.47. The van der Waals surface area contributed by atoms with Gasteiger partial charge in [-0.1, -0.05) is 37.3 Å². The Hall–Kier alpha value is -2.60. The first-order valence-electron chi connectivity index (χ1n) is 10.5. The van der Waals surface area contributed by atoms with Crippen molar-refractivity contribution in [2.45, 2.75) is 33.4 Å². The average molecular weight is 396 g/mol. The number of aliphatic imine (C=N–C) groups is 1. The lowest BCUT2D eigenvalue weighted by atomic mass is 10.1. The van der Waals surface area contributed by atoms with Crippen LogP contribution in [0.15, 0.2) is 47.6 Å². The molecule has 29 heavy (non-hydrogen) atoms. The molecule has 0 saturated carbocycles. The highest BCUT2D eigenvalue weighted by Crippen LogP contribution is 2.19. The van der Waals surface area contributed by atoms with E-state index in [2.05, 4.69) is 71.3 Å². The standard InChI is InChI=1S/C23H33N5O/c1-4-19-8-10-20(11-9-19)18-27(3)23(24-5-2)26-17-21-7-6-12-25-22(21)28-13-15-29-16-14-28/h6-12H,4-5,13-18H2,1-3H3,(H,24,26).